The van der Waals surface area contributed by atoms with Crippen molar-refractivity contribution in [1.29, 1.82) is 0 Å². The van der Waals surface area contributed by atoms with Gasteiger partial charge in [0.1, 0.15) is 5.75 Å². The van der Waals surface area contributed by atoms with Crippen LogP contribution < -0.4 is 4.74 Å². The predicted molar refractivity (Wildman–Crippen MR) is 127 cm³/mol. The Bertz CT molecular complexity index is 1490. The van der Waals surface area contributed by atoms with Gasteiger partial charge in [-0.25, -0.2) is 4.79 Å². The molecule has 1 aliphatic rings. The monoisotopic (exact) mass is 416 g/mol. The van der Waals surface area contributed by atoms with Gasteiger partial charge in [0.05, 0.1) is 5.56 Å². The quantitative estimate of drug-likeness (QED) is 0.192. The molecule has 0 spiro atoms. The second-order valence-corrected chi connectivity index (χ2v) is 8.01. The molecule has 5 aromatic rings. The Balaban J connectivity index is 1.64. The van der Waals surface area contributed by atoms with E-state index >= 15 is 0 Å². The van der Waals surface area contributed by atoms with Crippen LogP contribution in [-0.4, -0.2) is 13.1 Å². The lowest BCUT2D eigenvalue weighted by molar-refractivity contribution is -0.150. The van der Waals surface area contributed by atoms with Gasteiger partial charge in [0.2, 0.25) is 5.60 Å². The highest BCUT2D eigenvalue weighted by atomic mass is 16.6. The number of fused-ring (bicyclic) bond motifs is 6. The molecule has 0 aliphatic carbocycles. The van der Waals surface area contributed by atoms with Crippen LogP contribution in [-0.2, 0) is 15.1 Å². The number of carbonyl (C=O) groups is 1. The number of esters is 1. The zero-order valence-electron chi connectivity index (χ0n) is 17.5. The lowest BCUT2D eigenvalue weighted by Gasteiger charge is -2.26. The highest BCUT2D eigenvalue weighted by Crippen LogP contribution is 2.52. The number of carbonyl (C=O) groups excluding carboxylic acids is 1. The van der Waals surface area contributed by atoms with Crippen LogP contribution >= 0.6 is 0 Å². The average Bonchev–Trinajstić information content (AvgIpc) is 3.18. The molecule has 0 bridgehead atoms. The Morgan fingerprint density at radius 3 is 1.81 bits per heavy atom. The van der Waals surface area contributed by atoms with Crippen LogP contribution in [0.25, 0.3) is 32.7 Å². The molecule has 1 atom stereocenters. The fourth-order valence-electron chi connectivity index (χ4n) is 4.92. The minimum absolute atomic E-state index is 0.413. The van der Waals surface area contributed by atoms with Crippen LogP contribution in [0.2, 0.25) is 0 Å². The van der Waals surface area contributed by atoms with Crippen molar-refractivity contribution in [3.05, 3.63) is 114 Å². The number of ether oxygens (including phenoxy) is 2. The van der Waals surface area contributed by atoms with Crippen LogP contribution in [0.4, 0.5) is 0 Å². The van der Waals surface area contributed by atoms with Gasteiger partial charge in [-0.1, -0.05) is 103 Å². The molecular weight excluding hydrogens is 396 g/mol. The van der Waals surface area contributed by atoms with E-state index < -0.39 is 11.6 Å². The molecule has 1 heterocycles. The maximum Gasteiger partial charge on any atom is 0.353 e. The first-order valence-electron chi connectivity index (χ1n) is 10.6. The van der Waals surface area contributed by atoms with Gasteiger partial charge in [-0.2, -0.15) is 0 Å². The highest BCUT2D eigenvalue weighted by Gasteiger charge is 2.53. The summed E-state index contributed by atoms with van der Waals surface area (Å²) in [5.41, 5.74) is 2.40. The van der Waals surface area contributed by atoms with E-state index in [4.69, 9.17) is 9.47 Å². The van der Waals surface area contributed by atoms with E-state index in [2.05, 4.69) is 24.3 Å². The fourth-order valence-corrected chi connectivity index (χ4v) is 4.92. The molecule has 6 rings (SSSR count). The Kier molecular flexibility index (Phi) is 4.14. The molecule has 1 unspecified atom stereocenters. The number of hydrogen-bond donors (Lipinski definition) is 0. The number of hydrogen-bond acceptors (Lipinski definition) is 3. The Morgan fingerprint density at radius 2 is 1.16 bits per heavy atom. The summed E-state index contributed by atoms with van der Waals surface area (Å²) in [4.78, 5) is 13.5. The van der Waals surface area contributed by atoms with Gasteiger partial charge in [0.15, 0.2) is 0 Å². The molecule has 5 aromatic carbocycles. The van der Waals surface area contributed by atoms with Gasteiger partial charge in [-0.3, -0.25) is 0 Å². The summed E-state index contributed by atoms with van der Waals surface area (Å²) < 4.78 is 12.0. The largest absolute Gasteiger partial charge is 0.423 e. The SMILES string of the molecule is COC1(c2ccc(-c3ccccc3)cc2)C(=O)Oc2c1c1ccccc1c1ccccc21. The van der Waals surface area contributed by atoms with E-state index in [-0.39, 0.29) is 0 Å². The lowest BCUT2D eigenvalue weighted by atomic mass is 9.82. The summed E-state index contributed by atoms with van der Waals surface area (Å²) in [6, 6.07) is 34.3. The molecule has 0 N–H and O–H groups in total. The van der Waals surface area contributed by atoms with Crippen molar-refractivity contribution >= 4 is 27.5 Å². The topological polar surface area (TPSA) is 35.5 Å². The summed E-state index contributed by atoms with van der Waals surface area (Å²) in [6.45, 7) is 0. The summed E-state index contributed by atoms with van der Waals surface area (Å²) in [5, 5.41) is 4.00. The maximum absolute atomic E-state index is 13.5. The third kappa shape index (κ3) is 2.49. The molecule has 0 saturated heterocycles. The van der Waals surface area contributed by atoms with E-state index in [1.807, 2.05) is 78.9 Å². The molecule has 32 heavy (non-hydrogen) atoms. The second kappa shape index (κ2) is 7.04. The maximum atomic E-state index is 13.5. The van der Waals surface area contributed by atoms with Crippen molar-refractivity contribution in [2.45, 2.75) is 5.60 Å². The molecule has 154 valence electrons. The molecule has 0 radical (unpaired) electrons. The highest BCUT2D eigenvalue weighted by molar-refractivity contribution is 6.16. The van der Waals surface area contributed by atoms with Gasteiger partial charge >= 0.3 is 5.97 Å². The third-order valence-corrected chi connectivity index (χ3v) is 6.42. The van der Waals surface area contributed by atoms with Gasteiger partial charge in [0, 0.05) is 12.5 Å². The standard InChI is InChI=1S/C29H20O3/c1-31-29(21-17-15-20(16-18-21)19-9-3-2-4-10-19)26-24-13-7-5-11-22(24)23-12-6-8-14-25(23)27(26)32-28(29)30/h2-18H,1H3. The van der Waals surface area contributed by atoms with Crippen LogP contribution in [0.3, 0.4) is 0 Å². The summed E-state index contributed by atoms with van der Waals surface area (Å²) in [7, 11) is 1.57. The van der Waals surface area contributed by atoms with Crippen LogP contribution in [0.15, 0.2) is 103 Å². The van der Waals surface area contributed by atoms with Crippen LogP contribution in [0.1, 0.15) is 11.1 Å². The number of benzene rings is 5. The minimum Gasteiger partial charge on any atom is -0.423 e. The zero-order chi connectivity index (χ0) is 21.7. The predicted octanol–water partition coefficient (Wildman–Crippen LogP) is 6.47. The van der Waals surface area contributed by atoms with E-state index in [0.29, 0.717) is 5.75 Å². The van der Waals surface area contributed by atoms with Gasteiger partial charge in [-0.15, -0.1) is 0 Å². The first-order chi connectivity index (χ1) is 15.7. The summed E-state index contributed by atoms with van der Waals surface area (Å²) in [6.07, 6.45) is 0. The lowest BCUT2D eigenvalue weighted by Crippen LogP contribution is -2.37. The zero-order valence-corrected chi connectivity index (χ0v) is 17.5. The van der Waals surface area contributed by atoms with E-state index in [1.165, 1.54) is 0 Å². The first-order valence-corrected chi connectivity index (χ1v) is 10.6. The molecule has 0 fully saturated rings. The second-order valence-electron chi connectivity index (χ2n) is 8.01. The van der Waals surface area contributed by atoms with Gasteiger partial charge < -0.3 is 9.47 Å². The summed E-state index contributed by atoms with van der Waals surface area (Å²) >= 11 is 0. The molecular formula is C29H20O3. The Hall–Kier alpha value is -3.95. The van der Waals surface area contributed by atoms with Gasteiger partial charge in [-0.05, 0) is 32.8 Å². The van der Waals surface area contributed by atoms with Crippen molar-refractivity contribution in [2.75, 3.05) is 7.11 Å². The Morgan fingerprint density at radius 1 is 0.625 bits per heavy atom. The van der Waals surface area contributed by atoms with Crippen LogP contribution in [0, 0.1) is 0 Å². The van der Waals surface area contributed by atoms with E-state index in [1.54, 1.807) is 7.11 Å². The van der Waals surface area contributed by atoms with Gasteiger partial charge in [0.25, 0.3) is 0 Å². The van der Waals surface area contributed by atoms with Crippen molar-refractivity contribution in [3.63, 3.8) is 0 Å². The van der Waals surface area contributed by atoms with E-state index in [9.17, 15) is 4.79 Å². The van der Waals surface area contributed by atoms with Crippen molar-refractivity contribution in [3.8, 4) is 16.9 Å². The normalized spacial score (nSPS) is 17.5. The molecule has 0 aromatic heterocycles. The summed E-state index contributed by atoms with van der Waals surface area (Å²) in [5.74, 6) is 0.169. The molecule has 0 amide bonds. The molecule has 3 heteroatoms. The Labute approximate surface area is 185 Å². The number of rotatable bonds is 3. The average molecular weight is 416 g/mol. The third-order valence-electron chi connectivity index (χ3n) is 6.42. The smallest absolute Gasteiger partial charge is 0.353 e. The van der Waals surface area contributed by atoms with Crippen molar-refractivity contribution < 1.29 is 14.3 Å². The fraction of sp³-hybridized carbons (Fsp3) is 0.0690. The van der Waals surface area contributed by atoms with Crippen LogP contribution in [0.5, 0.6) is 5.75 Å². The molecule has 1 aliphatic heterocycles. The minimum atomic E-state index is -1.33. The van der Waals surface area contributed by atoms with Crippen molar-refractivity contribution in [1.82, 2.24) is 0 Å². The van der Waals surface area contributed by atoms with E-state index in [0.717, 1.165) is 43.8 Å². The first kappa shape index (κ1) is 18.8. The molecule has 0 saturated carbocycles. The number of methoxy groups -OCH3 is 1. The molecule has 3 nitrogen and oxygen atoms in total. The van der Waals surface area contributed by atoms with Crippen molar-refractivity contribution in [2.24, 2.45) is 0 Å².